The number of carboxylic acids is 1. The summed E-state index contributed by atoms with van der Waals surface area (Å²) in [7, 11) is 1.63. The van der Waals surface area contributed by atoms with Crippen LogP contribution in [0.4, 0.5) is 0 Å². The van der Waals surface area contributed by atoms with Gasteiger partial charge in [0.1, 0.15) is 0 Å². The Balaban J connectivity index is 1.96. The van der Waals surface area contributed by atoms with Crippen LogP contribution in [0.5, 0.6) is 0 Å². The Morgan fingerprint density at radius 1 is 1.25 bits per heavy atom. The van der Waals surface area contributed by atoms with Crippen molar-refractivity contribution in [1.82, 2.24) is 4.90 Å². The van der Waals surface area contributed by atoms with E-state index in [9.17, 15) is 9.59 Å². The lowest BCUT2D eigenvalue weighted by Gasteiger charge is -2.30. The molecule has 108 valence electrons. The maximum Gasteiger partial charge on any atom is 0.306 e. The number of aliphatic carboxylic acids is 1. The first-order valence-electron chi connectivity index (χ1n) is 6.71. The first kappa shape index (κ1) is 14.5. The fourth-order valence-corrected chi connectivity index (χ4v) is 2.42. The van der Waals surface area contributed by atoms with E-state index in [4.69, 9.17) is 9.84 Å². The van der Waals surface area contributed by atoms with Crippen molar-refractivity contribution in [2.24, 2.45) is 5.92 Å². The highest BCUT2D eigenvalue weighted by molar-refractivity contribution is 5.94. The molecule has 0 spiro atoms. The molecule has 1 fully saturated rings. The monoisotopic (exact) mass is 277 g/mol. The molecule has 2 rings (SSSR count). The standard InChI is InChI=1S/C15H19NO4/c1-20-10-11-2-4-12(5-3-11)14(17)16-8-6-13(7-9-16)15(18)19/h2-5,13H,6-10H2,1H3,(H,18,19). The maximum absolute atomic E-state index is 12.3. The van der Waals surface area contributed by atoms with Gasteiger partial charge in [-0.25, -0.2) is 0 Å². The van der Waals surface area contributed by atoms with E-state index in [0.29, 0.717) is 38.1 Å². The largest absolute Gasteiger partial charge is 0.481 e. The first-order chi connectivity index (χ1) is 9.61. The summed E-state index contributed by atoms with van der Waals surface area (Å²) < 4.78 is 5.03. The topological polar surface area (TPSA) is 66.8 Å². The second kappa shape index (κ2) is 6.52. The molecule has 1 aliphatic rings. The Bertz CT molecular complexity index is 475. The van der Waals surface area contributed by atoms with E-state index in [1.165, 1.54) is 0 Å². The minimum absolute atomic E-state index is 0.0298. The van der Waals surface area contributed by atoms with Crippen LogP contribution < -0.4 is 0 Å². The number of carbonyl (C=O) groups is 2. The van der Waals surface area contributed by atoms with E-state index in [0.717, 1.165) is 5.56 Å². The normalized spacial score (nSPS) is 16.1. The number of hydrogen-bond donors (Lipinski definition) is 1. The van der Waals surface area contributed by atoms with Crippen molar-refractivity contribution >= 4 is 11.9 Å². The molecule has 0 unspecified atom stereocenters. The summed E-state index contributed by atoms with van der Waals surface area (Å²) in [6.45, 7) is 1.55. The lowest BCUT2D eigenvalue weighted by molar-refractivity contribution is -0.143. The lowest BCUT2D eigenvalue weighted by Crippen LogP contribution is -2.40. The molecule has 5 nitrogen and oxygen atoms in total. The van der Waals surface area contributed by atoms with Crippen LogP contribution in [0.3, 0.4) is 0 Å². The molecule has 1 N–H and O–H groups in total. The highest BCUT2D eigenvalue weighted by Crippen LogP contribution is 2.19. The second-order valence-corrected chi connectivity index (χ2v) is 5.03. The third-order valence-corrected chi connectivity index (χ3v) is 3.64. The molecule has 1 heterocycles. The number of methoxy groups -OCH3 is 1. The molecule has 1 saturated heterocycles. The van der Waals surface area contributed by atoms with E-state index >= 15 is 0 Å². The van der Waals surface area contributed by atoms with Crippen molar-refractivity contribution in [3.05, 3.63) is 35.4 Å². The molecule has 0 bridgehead atoms. The fourth-order valence-electron chi connectivity index (χ4n) is 2.42. The summed E-state index contributed by atoms with van der Waals surface area (Å²) in [5.41, 5.74) is 1.66. The molecule has 0 radical (unpaired) electrons. The summed E-state index contributed by atoms with van der Waals surface area (Å²) >= 11 is 0. The molecule has 1 amide bonds. The molecule has 0 aromatic heterocycles. The Labute approximate surface area is 118 Å². The van der Waals surface area contributed by atoms with Crippen LogP contribution in [0.15, 0.2) is 24.3 Å². The highest BCUT2D eigenvalue weighted by atomic mass is 16.5. The van der Waals surface area contributed by atoms with Crippen LogP contribution >= 0.6 is 0 Å². The van der Waals surface area contributed by atoms with E-state index < -0.39 is 5.97 Å². The zero-order chi connectivity index (χ0) is 14.5. The predicted molar refractivity (Wildman–Crippen MR) is 73.4 cm³/mol. The Morgan fingerprint density at radius 3 is 2.35 bits per heavy atom. The number of nitrogens with zero attached hydrogens (tertiary/aromatic N) is 1. The van der Waals surface area contributed by atoms with Crippen molar-refractivity contribution in [1.29, 1.82) is 0 Å². The summed E-state index contributed by atoms with van der Waals surface area (Å²) in [5.74, 6) is -1.11. The Morgan fingerprint density at radius 2 is 1.85 bits per heavy atom. The van der Waals surface area contributed by atoms with Crippen LogP contribution in [-0.4, -0.2) is 42.1 Å². The van der Waals surface area contributed by atoms with Gasteiger partial charge >= 0.3 is 5.97 Å². The quantitative estimate of drug-likeness (QED) is 0.910. The highest BCUT2D eigenvalue weighted by Gasteiger charge is 2.27. The first-order valence-corrected chi connectivity index (χ1v) is 6.71. The fraction of sp³-hybridized carbons (Fsp3) is 0.467. The number of piperidine rings is 1. The number of ether oxygens (including phenoxy) is 1. The Hall–Kier alpha value is -1.88. The smallest absolute Gasteiger partial charge is 0.306 e. The zero-order valence-electron chi connectivity index (χ0n) is 11.5. The van der Waals surface area contributed by atoms with Crippen LogP contribution in [0.2, 0.25) is 0 Å². The van der Waals surface area contributed by atoms with Gasteiger partial charge in [0.05, 0.1) is 12.5 Å². The van der Waals surface area contributed by atoms with Crippen molar-refractivity contribution in [2.45, 2.75) is 19.4 Å². The minimum Gasteiger partial charge on any atom is -0.481 e. The SMILES string of the molecule is COCc1ccc(C(=O)N2CCC(C(=O)O)CC2)cc1. The van der Waals surface area contributed by atoms with Crippen LogP contribution in [0.25, 0.3) is 0 Å². The van der Waals surface area contributed by atoms with Gasteiger partial charge in [0.25, 0.3) is 5.91 Å². The van der Waals surface area contributed by atoms with E-state index in [1.807, 2.05) is 12.1 Å². The number of rotatable bonds is 4. The third-order valence-electron chi connectivity index (χ3n) is 3.64. The molecule has 5 heteroatoms. The van der Waals surface area contributed by atoms with E-state index in [2.05, 4.69) is 0 Å². The van der Waals surface area contributed by atoms with Crippen molar-refractivity contribution in [3.8, 4) is 0 Å². The third kappa shape index (κ3) is 3.36. The average Bonchev–Trinajstić information content (AvgIpc) is 2.48. The second-order valence-electron chi connectivity index (χ2n) is 5.03. The molecule has 0 saturated carbocycles. The molecule has 0 aliphatic carbocycles. The summed E-state index contributed by atoms with van der Waals surface area (Å²) in [5, 5.41) is 8.95. The molecule has 20 heavy (non-hydrogen) atoms. The maximum atomic E-state index is 12.3. The van der Waals surface area contributed by atoms with Crippen molar-refractivity contribution in [2.75, 3.05) is 20.2 Å². The summed E-state index contributed by atoms with van der Waals surface area (Å²) in [6, 6.07) is 7.33. The van der Waals surface area contributed by atoms with Gasteiger partial charge in [-0.05, 0) is 30.5 Å². The van der Waals surface area contributed by atoms with Crippen molar-refractivity contribution in [3.63, 3.8) is 0 Å². The van der Waals surface area contributed by atoms with E-state index in [1.54, 1.807) is 24.1 Å². The predicted octanol–water partition coefficient (Wildman–Crippen LogP) is 1.77. The van der Waals surface area contributed by atoms with Crippen LogP contribution in [0.1, 0.15) is 28.8 Å². The average molecular weight is 277 g/mol. The minimum atomic E-state index is -0.763. The Kier molecular flexibility index (Phi) is 4.74. The number of benzene rings is 1. The summed E-state index contributed by atoms with van der Waals surface area (Å²) in [6.07, 6.45) is 1.06. The molecule has 1 aliphatic heterocycles. The number of likely N-dealkylation sites (tertiary alicyclic amines) is 1. The van der Waals surface area contributed by atoms with Gasteiger partial charge in [0.15, 0.2) is 0 Å². The molecular formula is C15H19NO4. The van der Waals surface area contributed by atoms with Gasteiger partial charge in [0.2, 0.25) is 0 Å². The van der Waals surface area contributed by atoms with Crippen molar-refractivity contribution < 1.29 is 19.4 Å². The van der Waals surface area contributed by atoms with Gasteiger partial charge in [-0.1, -0.05) is 12.1 Å². The van der Waals surface area contributed by atoms with Gasteiger partial charge in [0, 0.05) is 25.8 Å². The van der Waals surface area contributed by atoms with Gasteiger partial charge in [-0.3, -0.25) is 9.59 Å². The van der Waals surface area contributed by atoms with Gasteiger partial charge in [-0.15, -0.1) is 0 Å². The van der Waals surface area contributed by atoms with Crippen LogP contribution in [-0.2, 0) is 16.1 Å². The molecule has 0 atom stereocenters. The van der Waals surface area contributed by atoms with Crippen LogP contribution in [0, 0.1) is 5.92 Å². The number of hydrogen-bond acceptors (Lipinski definition) is 3. The summed E-state index contributed by atoms with van der Waals surface area (Å²) in [4.78, 5) is 24.9. The lowest BCUT2D eigenvalue weighted by atomic mass is 9.96. The van der Waals surface area contributed by atoms with Gasteiger partial charge < -0.3 is 14.7 Å². The number of amides is 1. The molecule has 1 aromatic rings. The van der Waals surface area contributed by atoms with Gasteiger partial charge in [-0.2, -0.15) is 0 Å². The molecule has 1 aromatic carbocycles. The number of carboxylic acid groups (broad SMARTS) is 1. The number of carbonyl (C=O) groups excluding carboxylic acids is 1. The molecular weight excluding hydrogens is 258 g/mol. The van der Waals surface area contributed by atoms with E-state index in [-0.39, 0.29) is 11.8 Å². The zero-order valence-corrected chi connectivity index (χ0v) is 11.5.